The van der Waals surface area contributed by atoms with Crippen LogP contribution in [0.4, 0.5) is 5.13 Å². The van der Waals surface area contributed by atoms with Gasteiger partial charge in [0, 0.05) is 4.88 Å². The average molecular weight is 279 g/mol. The first kappa shape index (κ1) is 13.3. The van der Waals surface area contributed by atoms with Crippen molar-refractivity contribution in [1.82, 2.24) is 10.3 Å². The maximum absolute atomic E-state index is 11.6. The lowest BCUT2D eigenvalue weighted by molar-refractivity contribution is -0.115. The number of anilines is 1. The van der Waals surface area contributed by atoms with Crippen LogP contribution in [0.5, 0.6) is 0 Å². The Morgan fingerprint density at radius 2 is 2.21 bits per heavy atom. The molecule has 100 valence electrons. The van der Waals surface area contributed by atoms with Crippen LogP contribution >= 0.6 is 11.3 Å². The van der Waals surface area contributed by atoms with Gasteiger partial charge in [0.2, 0.25) is 5.91 Å². The van der Waals surface area contributed by atoms with Crippen LogP contribution in [0.3, 0.4) is 0 Å². The van der Waals surface area contributed by atoms with Crippen molar-refractivity contribution >= 4 is 28.3 Å². The van der Waals surface area contributed by atoms with E-state index in [-0.39, 0.29) is 18.2 Å². The number of nitrogens with zero attached hydrogens (tertiary/aromatic N) is 1. The van der Waals surface area contributed by atoms with Crippen LogP contribution in [-0.4, -0.2) is 23.3 Å². The van der Waals surface area contributed by atoms with Gasteiger partial charge in [-0.2, -0.15) is 0 Å². The molecule has 0 saturated heterocycles. The van der Waals surface area contributed by atoms with E-state index in [9.17, 15) is 9.59 Å². The van der Waals surface area contributed by atoms with Gasteiger partial charge < -0.3 is 15.1 Å². The topological polar surface area (TPSA) is 84.2 Å². The fourth-order valence-corrected chi connectivity index (χ4v) is 2.18. The second-order valence-corrected chi connectivity index (χ2v) is 5.07. The van der Waals surface area contributed by atoms with Crippen LogP contribution in [0.15, 0.2) is 22.8 Å². The number of hydrogen-bond acceptors (Lipinski definition) is 5. The minimum absolute atomic E-state index is 0.128. The molecule has 2 N–H and O–H groups in total. The first-order valence-corrected chi connectivity index (χ1v) is 6.43. The molecule has 0 atom stereocenters. The van der Waals surface area contributed by atoms with Gasteiger partial charge in [-0.05, 0) is 26.0 Å². The van der Waals surface area contributed by atoms with Gasteiger partial charge in [0.25, 0.3) is 5.91 Å². The largest absolute Gasteiger partial charge is 0.459 e. The molecule has 0 aliphatic rings. The van der Waals surface area contributed by atoms with Crippen LogP contribution in [0, 0.1) is 13.8 Å². The molecule has 0 unspecified atom stereocenters. The summed E-state index contributed by atoms with van der Waals surface area (Å²) in [6.07, 6.45) is 1.40. The lowest BCUT2D eigenvalue weighted by atomic mass is 10.4. The number of amides is 2. The average Bonchev–Trinajstić information content (AvgIpc) is 2.98. The minimum Gasteiger partial charge on any atom is -0.459 e. The van der Waals surface area contributed by atoms with Crippen molar-refractivity contribution in [2.24, 2.45) is 0 Å². The van der Waals surface area contributed by atoms with Crippen LogP contribution in [-0.2, 0) is 4.79 Å². The number of thiazole rings is 1. The Bertz CT molecular complexity index is 570. The van der Waals surface area contributed by atoms with Gasteiger partial charge in [0.05, 0.1) is 18.5 Å². The summed E-state index contributed by atoms with van der Waals surface area (Å²) in [7, 11) is 0. The number of furan rings is 1. The van der Waals surface area contributed by atoms with Crippen LogP contribution < -0.4 is 10.6 Å². The maximum Gasteiger partial charge on any atom is 0.287 e. The predicted molar refractivity (Wildman–Crippen MR) is 71.3 cm³/mol. The number of aryl methyl sites for hydroxylation is 2. The second-order valence-electron chi connectivity index (χ2n) is 3.87. The minimum atomic E-state index is -0.424. The quantitative estimate of drug-likeness (QED) is 0.892. The van der Waals surface area contributed by atoms with Crippen molar-refractivity contribution in [3.8, 4) is 0 Å². The zero-order valence-corrected chi connectivity index (χ0v) is 11.3. The van der Waals surface area contributed by atoms with E-state index in [1.165, 1.54) is 23.7 Å². The van der Waals surface area contributed by atoms with Gasteiger partial charge in [0.15, 0.2) is 10.9 Å². The van der Waals surface area contributed by atoms with Crippen molar-refractivity contribution in [2.45, 2.75) is 13.8 Å². The summed E-state index contributed by atoms with van der Waals surface area (Å²) in [5.74, 6) is -0.575. The van der Waals surface area contributed by atoms with Crippen LogP contribution in [0.2, 0.25) is 0 Å². The van der Waals surface area contributed by atoms with Crippen LogP contribution in [0.1, 0.15) is 21.1 Å². The molecule has 2 aromatic rings. The molecule has 0 radical (unpaired) electrons. The summed E-state index contributed by atoms with van der Waals surface area (Å²) in [4.78, 5) is 28.4. The number of aromatic nitrogens is 1. The monoisotopic (exact) mass is 279 g/mol. The third-order valence-electron chi connectivity index (χ3n) is 2.43. The highest BCUT2D eigenvalue weighted by molar-refractivity contribution is 7.15. The highest BCUT2D eigenvalue weighted by Crippen LogP contribution is 2.20. The van der Waals surface area contributed by atoms with Crippen molar-refractivity contribution in [3.63, 3.8) is 0 Å². The van der Waals surface area contributed by atoms with Gasteiger partial charge in [0.1, 0.15) is 0 Å². The highest BCUT2D eigenvalue weighted by Gasteiger charge is 2.11. The number of hydrogen-bond donors (Lipinski definition) is 2. The summed E-state index contributed by atoms with van der Waals surface area (Å²) >= 11 is 1.40. The fraction of sp³-hybridized carbons (Fsp3) is 0.250. The molecule has 7 heteroatoms. The van der Waals surface area contributed by atoms with Crippen molar-refractivity contribution in [3.05, 3.63) is 34.7 Å². The fourth-order valence-electron chi connectivity index (χ4n) is 1.35. The van der Waals surface area contributed by atoms with Crippen molar-refractivity contribution in [1.29, 1.82) is 0 Å². The van der Waals surface area contributed by atoms with Crippen molar-refractivity contribution in [2.75, 3.05) is 11.9 Å². The maximum atomic E-state index is 11.6. The molecule has 0 aliphatic heterocycles. The highest BCUT2D eigenvalue weighted by atomic mass is 32.1. The lowest BCUT2D eigenvalue weighted by Gasteiger charge is -2.02. The van der Waals surface area contributed by atoms with E-state index in [0.717, 1.165) is 10.6 Å². The van der Waals surface area contributed by atoms with E-state index < -0.39 is 5.91 Å². The molecule has 0 spiro atoms. The Balaban J connectivity index is 1.83. The molecule has 19 heavy (non-hydrogen) atoms. The molecule has 2 aromatic heterocycles. The molecule has 0 aromatic carbocycles. The molecule has 0 saturated carbocycles. The first-order chi connectivity index (χ1) is 9.06. The summed E-state index contributed by atoms with van der Waals surface area (Å²) in [6, 6.07) is 3.14. The Morgan fingerprint density at radius 3 is 2.79 bits per heavy atom. The van der Waals surface area contributed by atoms with E-state index in [1.807, 2.05) is 13.8 Å². The second kappa shape index (κ2) is 5.66. The van der Waals surface area contributed by atoms with Gasteiger partial charge in [-0.1, -0.05) is 0 Å². The lowest BCUT2D eigenvalue weighted by Crippen LogP contribution is -2.32. The number of rotatable bonds is 4. The molecular formula is C12H13N3O3S. The zero-order valence-electron chi connectivity index (χ0n) is 10.5. The van der Waals surface area contributed by atoms with Crippen LogP contribution in [0.25, 0.3) is 0 Å². The van der Waals surface area contributed by atoms with Gasteiger partial charge in [-0.3, -0.25) is 9.59 Å². The van der Waals surface area contributed by atoms with E-state index in [1.54, 1.807) is 6.07 Å². The van der Waals surface area contributed by atoms with E-state index in [0.29, 0.717) is 5.13 Å². The van der Waals surface area contributed by atoms with E-state index >= 15 is 0 Å². The standard InChI is InChI=1S/C12H13N3O3S/c1-7-8(2)19-12(14-7)15-10(16)6-13-11(17)9-4-3-5-18-9/h3-5H,6H2,1-2H3,(H,13,17)(H,14,15,16). The predicted octanol–water partition coefficient (Wildman–Crippen LogP) is 1.72. The molecule has 2 rings (SSSR count). The first-order valence-electron chi connectivity index (χ1n) is 5.62. The van der Waals surface area contributed by atoms with Gasteiger partial charge in [-0.25, -0.2) is 4.98 Å². The SMILES string of the molecule is Cc1nc(NC(=O)CNC(=O)c2ccco2)sc1C. The number of carbonyl (C=O) groups is 2. The molecule has 2 amide bonds. The third kappa shape index (κ3) is 3.41. The normalized spacial score (nSPS) is 10.2. The Kier molecular flexibility index (Phi) is 3.96. The molecular weight excluding hydrogens is 266 g/mol. The Morgan fingerprint density at radius 1 is 1.42 bits per heavy atom. The van der Waals surface area contributed by atoms with Gasteiger partial charge >= 0.3 is 0 Å². The molecule has 0 aliphatic carbocycles. The third-order valence-corrected chi connectivity index (χ3v) is 3.42. The summed E-state index contributed by atoms with van der Waals surface area (Å²) in [5.41, 5.74) is 0.889. The molecule has 0 fully saturated rings. The Hall–Kier alpha value is -2.15. The van der Waals surface area contributed by atoms with E-state index in [4.69, 9.17) is 4.42 Å². The van der Waals surface area contributed by atoms with E-state index in [2.05, 4.69) is 15.6 Å². The molecule has 2 heterocycles. The molecule has 0 bridgehead atoms. The smallest absolute Gasteiger partial charge is 0.287 e. The zero-order chi connectivity index (χ0) is 13.8. The Labute approximate surface area is 113 Å². The summed E-state index contributed by atoms with van der Waals surface area (Å²) in [6.45, 7) is 3.68. The summed E-state index contributed by atoms with van der Waals surface area (Å²) < 4.78 is 4.91. The molecule has 6 nitrogen and oxygen atoms in total. The summed E-state index contributed by atoms with van der Waals surface area (Å²) in [5, 5.41) is 5.62. The van der Waals surface area contributed by atoms with Crippen molar-refractivity contribution < 1.29 is 14.0 Å². The number of carbonyl (C=O) groups excluding carboxylic acids is 2. The number of nitrogens with one attached hydrogen (secondary N) is 2. The van der Waals surface area contributed by atoms with Gasteiger partial charge in [-0.15, -0.1) is 11.3 Å².